The van der Waals surface area contributed by atoms with E-state index < -0.39 is 63.4 Å². The molecule has 0 bridgehead atoms. The minimum atomic E-state index is -4.62. The molecular formula is C32H36ClF3N8O6S. The number of nitrogens with zero attached hydrogens (tertiary/aromatic N) is 3. The Kier molecular flexibility index (Phi) is 11.5. The van der Waals surface area contributed by atoms with Gasteiger partial charge in [0.1, 0.15) is 6.04 Å². The van der Waals surface area contributed by atoms with Crippen LogP contribution in [-0.4, -0.2) is 71.7 Å². The molecule has 3 amide bonds. The Labute approximate surface area is 296 Å². The second-order valence-corrected chi connectivity index (χ2v) is 14.7. The summed E-state index contributed by atoms with van der Waals surface area (Å²) in [6.45, 7) is -0.0786. The van der Waals surface area contributed by atoms with Crippen molar-refractivity contribution in [2.45, 2.75) is 74.9 Å². The molecule has 0 saturated heterocycles. The van der Waals surface area contributed by atoms with Crippen LogP contribution in [0, 0.1) is 0 Å². The van der Waals surface area contributed by atoms with E-state index in [1.54, 1.807) is 24.3 Å². The Balaban J connectivity index is 1.12. The van der Waals surface area contributed by atoms with Crippen LogP contribution in [-0.2, 0) is 25.2 Å². The summed E-state index contributed by atoms with van der Waals surface area (Å²) in [6, 6.07) is 11.7. The molecule has 2 aliphatic carbocycles. The van der Waals surface area contributed by atoms with Crippen LogP contribution in [0.4, 0.5) is 30.8 Å². The lowest BCUT2D eigenvalue weighted by atomic mass is 10.0. The van der Waals surface area contributed by atoms with Crippen molar-refractivity contribution < 1.29 is 40.7 Å². The number of ether oxygens (including phenoxy) is 1. The lowest BCUT2D eigenvalue weighted by molar-refractivity contribution is -0.154. The summed E-state index contributed by atoms with van der Waals surface area (Å²) in [6.07, 6.45) is -1.15. The number of anilines is 3. The highest BCUT2D eigenvalue weighted by Gasteiger charge is 2.45. The van der Waals surface area contributed by atoms with Gasteiger partial charge < -0.3 is 26.0 Å². The van der Waals surface area contributed by atoms with Crippen molar-refractivity contribution in [1.29, 1.82) is 0 Å². The maximum atomic E-state index is 12.9. The van der Waals surface area contributed by atoms with Gasteiger partial charge in [-0.2, -0.15) is 28.1 Å². The third-order valence-electron chi connectivity index (χ3n) is 8.25. The minimum Gasteiger partial charge on any atom is -0.454 e. The van der Waals surface area contributed by atoms with Crippen molar-refractivity contribution in [1.82, 2.24) is 30.3 Å². The minimum absolute atomic E-state index is 0.00331. The van der Waals surface area contributed by atoms with Crippen LogP contribution in [0.2, 0.25) is 5.02 Å². The second kappa shape index (κ2) is 15.7. The molecule has 19 heteroatoms. The van der Waals surface area contributed by atoms with E-state index in [4.69, 9.17) is 16.3 Å². The van der Waals surface area contributed by atoms with Gasteiger partial charge in [-0.05, 0) is 81.0 Å². The zero-order valence-electron chi connectivity index (χ0n) is 27.3. The first kappa shape index (κ1) is 37.5. The van der Waals surface area contributed by atoms with Gasteiger partial charge in [0.15, 0.2) is 6.61 Å². The maximum absolute atomic E-state index is 12.9. The first-order valence-corrected chi connectivity index (χ1v) is 18.0. The lowest BCUT2D eigenvalue weighted by Gasteiger charge is -2.26. The number of amides is 3. The zero-order chi connectivity index (χ0) is 36.8. The Morgan fingerprint density at radius 3 is 2.27 bits per heavy atom. The largest absolute Gasteiger partial charge is 0.454 e. The van der Waals surface area contributed by atoms with E-state index in [0.717, 1.165) is 24.8 Å². The third kappa shape index (κ3) is 10.6. The molecule has 274 valence electrons. The van der Waals surface area contributed by atoms with Crippen molar-refractivity contribution in [2.75, 3.05) is 23.8 Å². The van der Waals surface area contributed by atoms with E-state index in [2.05, 4.69) is 36.2 Å². The molecule has 2 fully saturated rings. The molecule has 3 aromatic rings. The molecule has 2 aliphatic rings. The fourth-order valence-corrected chi connectivity index (χ4v) is 6.74. The topological polar surface area (TPSA) is 193 Å². The van der Waals surface area contributed by atoms with E-state index in [0.29, 0.717) is 23.6 Å². The van der Waals surface area contributed by atoms with Crippen LogP contribution in [0.25, 0.3) is 0 Å². The number of hydrogen-bond acceptors (Lipinski definition) is 11. The van der Waals surface area contributed by atoms with Gasteiger partial charge in [-0.1, -0.05) is 30.2 Å². The van der Waals surface area contributed by atoms with E-state index in [9.17, 15) is 36.0 Å². The molecule has 0 unspecified atom stereocenters. The lowest BCUT2D eigenvalue weighted by Crippen LogP contribution is -2.50. The van der Waals surface area contributed by atoms with Gasteiger partial charge in [-0.15, -0.1) is 0 Å². The van der Waals surface area contributed by atoms with Crippen molar-refractivity contribution >= 4 is 56.9 Å². The fraction of sp³-hybridized carbons (Fsp3) is 0.438. The average Bonchev–Trinajstić information content (AvgIpc) is 3.81. The highest BCUT2D eigenvalue weighted by atomic mass is 35.5. The van der Waals surface area contributed by atoms with Gasteiger partial charge in [-0.3, -0.25) is 19.1 Å². The first-order valence-electron chi connectivity index (χ1n) is 16.1. The number of carbonyl (C=O) groups excluding carboxylic acids is 3. The molecule has 1 atom stereocenters. The fourth-order valence-electron chi connectivity index (χ4n) is 5.03. The summed E-state index contributed by atoms with van der Waals surface area (Å²) >= 11 is 6.02. The summed E-state index contributed by atoms with van der Waals surface area (Å²) in [4.78, 5) is 49.5. The quantitative estimate of drug-likeness (QED) is 0.131. The highest BCUT2D eigenvalue weighted by Crippen LogP contribution is 2.48. The number of aromatic nitrogens is 3. The van der Waals surface area contributed by atoms with Gasteiger partial charge >= 0.3 is 12.2 Å². The Morgan fingerprint density at radius 1 is 1.00 bits per heavy atom. The predicted octanol–water partition coefficient (Wildman–Crippen LogP) is 4.32. The molecule has 0 radical (unpaired) electrons. The first-order chi connectivity index (χ1) is 24.1. The summed E-state index contributed by atoms with van der Waals surface area (Å²) in [7, 11) is -3.76. The monoisotopic (exact) mass is 752 g/mol. The second-order valence-electron chi connectivity index (χ2n) is 12.3. The average molecular weight is 753 g/mol. The molecule has 5 rings (SSSR count). The summed E-state index contributed by atoms with van der Waals surface area (Å²) < 4.78 is 69.8. The highest BCUT2D eigenvalue weighted by molar-refractivity contribution is 7.90. The van der Waals surface area contributed by atoms with Gasteiger partial charge in [0.05, 0.1) is 10.8 Å². The smallest absolute Gasteiger partial charge is 0.422 e. The van der Waals surface area contributed by atoms with Crippen molar-refractivity contribution in [3.63, 3.8) is 0 Å². The number of halogens is 4. The number of rotatable bonds is 16. The van der Waals surface area contributed by atoms with E-state index >= 15 is 0 Å². The molecule has 0 spiro atoms. The normalized spacial score (nSPS) is 15.9. The third-order valence-corrected chi connectivity index (χ3v) is 10.3. The van der Waals surface area contributed by atoms with Crippen LogP contribution in [0.3, 0.4) is 0 Å². The maximum Gasteiger partial charge on any atom is 0.422 e. The van der Waals surface area contributed by atoms with Crippen LogP contribution in [0.15, 0.2) is 48.5 Å². The predicted molar refractivity (Wildman–Crippen MR) is 181 cm³/mol. The van der Waals surface area contributed by atoms with Crippen LogP contribution < -0.4 is 30.7 Å². The van der Waals surface area contributed by atoms with Crippen LogP contribution in [0.5, 0.6) is 6.01 Å². The molecular weight excluding hydrogens is 717 g/mol. The summed E-state index contributed by atoms with van der Waals surface area (Å²) in [5.74, 6) is -1.83. The SMILES string of the molecule is C[C@H](NC(=O)CCCNC(=O)c1ccc(Nc2nc(NC3(c4ccc(Cl)cc4)CC3)nc(OCC(F)(F)F)n2)cc1)C(=O)NS(=O)(=O)C1CCC1. The van der Waals surface area contributed by atoms with Gasteiger partial charge in [0.25, 0.3) is 11.8 Å². The Bertz CT molecular complexity index is 1840. The summed E-state index contributed by atoms with van der Waals surface area (Å²) in [5, 5.41) is 11.2. The standard InChI is InChI=1S/C32H36ClF3N8O6S/c1-19(26(46)44-51(48,49)24-4-2-5-24)38-25(45)6-3-17-37-27(47)20-7-13-23(14-8-20)39-28-40-29(42-30(41-28)50-18-32(34,35)36)43-31(15-16-31)21-9-11-22(33)12-10-21/h7-14,19,24H,2-6,15-18H2,1H3,(H,37,47)(H,38,45)(H,44,46)(H2,39,40,41,42,43)/t19-/m0/s1. The molecule has 2 saturated carbocycles. The Morgan fingerprint density at radius 2 is 1.67 bits per heavy atom. The number of alkyl halides is 3. The molecule has 51 heavy (non-hydrogen) atoms. The molecule has 0 aliphatic heterocycles. The molecule has 14 nitrogen and oxygen atoms in total. The molecule has 1 aromatic heterocycles. The van der Waals surface area contributed by atoms with Gasteiger partial charge in [0, 0.05) is 29.2 Å². The number of sulfonamides is 1. The zero-order valence-corrected chi connectivity index (χ0v) is 28.9. The van der Waals surface area contributed by atoms with E-state index in [1.807, 2.05) is 16.9 Å². The summed E-state index contributed by atoms with van der Waals surface area (Å²) in [5.41, 5.74) is 1.08. The van der Waals surface area contributed by atoms with Gasteiger partial charge in [-0.25, -0.2) is 8.42 Å². The number of hydrogen-bond donors (Lipinski definition) is 5. The van der Waals surface area contributed by atoms with Crippen LogP contribution in [0.1, 0.15) is 67.8 Å². The Hall–Kier alpha value is -4.71. The van der Waals surface area contributed by atoms with Crippen molar-refractivity contribution in [2.24, 2.45) is 0 Å². The molecule has 5 N–H and O–H groups in total. The molecule has 2 aromatic carbocycles. The van der Waals surface area contributed by atoms with E-state index in [-0.39, 0.29) is 36.8 Å². The number of nitrogens with one attached hydrogen (secondary N) is 5. The van der Waals surface area contributed by atoms with Crippen LogP contribution >= 0.6 is 11.6 Å². The van der Waals surface area contributed by atoms with Crippen molar-refractivity contribution in [3.8, 4) is 6.01 Å². The number of carbonyl (C=O) groups is 3. The molecule has 1 heterocycles. The van der Waals surface area contributed by atoms with Gasteiger partial charge in [0.2, 0.25) is 27.8 Å². The van der Waals surface area contributed by atoms with Crippen molar-refractivity contribution in [3.05, 3.63) is 64.7 Å². The van der Waals surface area contributed by atoms with E-state index in [1.165, 1.54) is 19.1 Å². The number of benzene rings is 2.